The van der Waals surface area contributed by atoms with Crippen molar-refractivity contribution in [1.29, 1.82) is 5.26 Å². The molecule has 3 nitrogen and oxygen atoms in total. The van der Waals surface area contributed by atoms with Gasteiger partial charge in [0.15, 0.2) is 0 Å². The van der Waals surface area contributed by atoms with E-state index in [1.807, 2.05) is 55.5 Å². The maximum absolute atomic E-state index is 8.60. The second-order valence-corrected chi connectivity index (χ2v) is 4.44. The molecule has 0 saturated carbocycles. The Morgan fingerprint density at radius 3 is 2.05 bits per heavy atom. The number of hydrogen-bond donors (Lipinski definition) is 1. The number of nitrogens with two attached hydrogens (primary N) is 1. The Bertz CT molecular complexity index is 565. The van der Waals surface area contributed by atoms with Crippen molar-refractivity contribution in [3.8, 4) is 17.6 Å². The average Bonchev–Trinajstić information content (AvgIpc) is 2.42. The Kier molecular flexibility index (Phi) is 4.17. The molecule has 0 unspecified atom stereocenters. The zero-order chi connectivity index (χ0) is 13.7. The van der Waals surface area contributed by atoms with E-state index in [4.69, 9.17) is 15.7 Å². The Balaban J connectivity index is 2.06. The number of nitriles is 1. The van der Waals surface area contributed by atoms with E-state index in [0.717, 1.165) is 22.6 Å². The highest BCUT2D eigenvalue weighted by molar-refractivity contribution is 5.35. The Labute approximate surface area is 113 Å². The molecular formula is C16H16N2O. The van der Waals surface area contributed by atoms with Crippen LogP contribution in [0.1, 0.15) is 24.1 Å². The van der Waals surface area contributed by atoms with Crippen molar-refractivity contribution < 1.29 is 4.74 Å². The van der Waals surface area contributed by atoms with Gasteiger partial charge in [0.25, 0.3) is 0 Å². The van der Waals surface area contributed by atoms with E-state index in [9.17, 15) is 0 Å². The predicted octanol–water partition coefficient (Wildman–Crippen LogP) is 3.56. The fourth-order valence-electron chi connectivity index (χ4n) is 1.74. The summed E-state index contributed by atoms with van der Waals surface area (Å²) in [4.78, 5) is 0. The largest absolute Gasteiger partial charge is 0.457 e. The third-order valence-corrected chi connectivity index (χ3v) is 2.85. The van der Waals surface area contributed by atoms with Crippen molar-refractivity contribution in [1.82, 2.24) is 0 Å². The normalized spacial score (nSPS) is 11.6. The molecule has 2 aromatic rings. The molecule has 0 radical (unpaired) electrons. The van der Waals surface area contributed by atoms with Crippen LogP contribution >= 0.6 is 0 Å². The monoisotopic (exact) mass is 252 g/mol. The second kappa shape index (κ2) is 6.03. The number of nitrogens with zero attached hydrogens (tertiary/aromatic N) is 1. The third kappa shape index (κ3) is 3.57. The molecule has 0 aliphatic carbocycles. The van der Waals surface area contributed by atoms with Crippen LogP contribution in [0.4, 0.5) is 0 Å². The molecule has 2 rings (SSSR count). The van der Waals surface area contributed by atoms with Gasteiger partial charge < -0.3 is 10.5 Å². The number of rotatable bonds is 4. The minimum atomic E-state index is 0.0271. The molecular weight excluding hydrogens is 236 g/mol. The molecule has 3 heteroatoms. The van der Waals surface area contributed by atoms with E-state index in [1.54, 1.807) is 0 Å². The Morgan fingerprint density at radius 2 is 1.58 bits per heavy atom. The van der Waals surface area contributed by atoms with Crippen LogP contribution in [0, 0.1) is 11.3 Å². The van der Waals surface area contributed by atoms with Crippen molar-refractivity contribution in [2.75, 3.05) is 0 Å². The van der Waals surface area contributed by atoms with Crippen LogP contribution in [0.15, 0.2) is 48.5 Å². The minimum absolute atomic E-state index is 0.0271. The molecule has 19 heavy (non-hydrogen) atoms. The van der Waals surface area contributed by atoms with Gasteiger partial charge in [-0.25, -0.2) is 0 Å². The summed E-state index contributed by atoms with van der Waals surface area (Å²) in [5, 5.41) is 8.60. The zero-order valence-corrected chi connectivity index (χ0v) is 10.8. The summed E-state index contributed by atoms with van der Waals surface area (Å²) < 4.78 is 5.72. The molecule has 0 fully saturated rings. The molecule has 2 aromatic carbocycles. The summed E-state index contributed by atoms with van der Waals surface area (Å²) >= 11 is 0. The minimum Gasteiger partial charge on any atom is -0.457 e. The average molecular weight is 252 g/mol. The lowest BCUT2D eigenvalue weighted by Gasteiger charge is -2.09. The van der Waals surface area contributed by atoms with Crippen LogP contribution in [0.3, 0.4) is 0 Å². The summed E-state index contributed by atoms with van der Waals surface area (Å²) in [6.45, 7) is 1.95. The van der Waals surface area contributed by atoms with Crippen LogP contribution in [-0.2, 0) is 6.42 Å². The molecule has 0 bridgehead atoms. The quantitative estimate of drug-likeness (QED) is 0.905. The van der Waals surface area contributed by atoms with Gasteiger partial charge in [0.2, 0.25) is 0 Å². The summed E-state index contributed by atoms with van der Waals surface area (Å²) in [5.74, 6) is 1.53. The predicted molar refractivity (Wildman–Crippen MR) is 74.9 cm³/mol. The van der Waals surface area contributed by atoms with Crippen LogP contribution in [-0.4, -0.2) is 0 Å². The van der Waals surface area contributed by atoms with Crippen LogP contribution in [0.5, 0.6) is 11.5 Å². The van der Waals surface area contributed by atoms with Crippen molar-refractivity contribution >= 4 is 0 Å². The van der Waals surface area contributed by atoms with Crippen LogP contribution in [0.2, 0.25) is 0 Å². The second-order valence-electron chi connectivity index (χ2n) is 4.44. The fraction of sp³-hybridized carbons (Fsp3) is 0.188. The highest BCUT2D eigenvalue weighted by atomic mass is 16.5. The van der Waals surface area contributed by atoms with E-state index in [2.05, 4.69) is 6.07 Å². The van der Waals surface area contributed by atoms with Gasteiger partial charge in [0, 0.05) is 6.04 Å². The highest BCUT2D eigenvalue weighted by Gasteiger charge is 2.01. The maximum atomic E-state index is 8.60. The van der Waals surface area contributed by atoms with Gasteiger partial charge in [-0.05, 0) is 42.3 Å². The van der Waals surface area contributed by atoms with Gasteiger partial charge in [-0.3, -0.25) is 0 Å². The standard InChI is InChI=1S/C16H16N2O/c1-12(18)14-4-8-16(9-5-14)19-15-6-2-13(3-7-15)10-11-17/h2-9,12H,10,18H2,1H3/t12-/m0/s1. The SMILES string of the molecule is C[C@H](N)c1ccc(Oc2ccc(CC#N)cc2)cc1. The summed E-state index contributed by atoms with van der Waals surface area (Å²) in [6, 6.07) is 17.4. The first kappa shape index (κ1) is 13.1. The molecule has 0 aliphatic rings. The van der Waals surface area contributed by atoms with E-state index >= 15 is 0 Å². The fourth-order valence-corrected chi connectivity index (χ4v) is 1.74. The zero-order valence-electron chi connectivity index (χ0n) is 10.8. The number of hydrogen-bond acceptors (Lipinski definition) is 3. The molecule has 96 valence electrons. The van der Waals surface area contributed by atoms with E-state index in [-0.39, 0.29) is 6.04 Å². The Hall–Kier alpha value is -2.31. The van der Waals surface area contributed by atoms with Gasteiger partial charge >= 0.3 is 0 Å². The summed E-state index contributed by atoms with van der Waals surface area (Å²) in [6.07, 6.45) is 0.420. The first-order valence-corrected chi connectivity index (χ1v) is 6.18. The van der Waals surface area contributed by atoms with E-state index in [1.165, 1.54) is 0 Å². The summed E-state index contributed by atoms with van der Waals surface area (Å²) in [5.41, 5.74) is 7.86. The van der Waals surface area contributed by atoms with Gasteiger partial charge in [-0.15, -0.1) is 0 Å². The third-order valence-electron chi connectivity index (χ3n) is 2.85. The van der Waals surface area contributed by atoms with Gasteiger partial charge in [-0.2, -0.15) is 5.26 Å². The molecule has 2 N–H and O–H groups in total. The molecule has 0 aromatic heterocycles. The topological polar surface area (TPSA) is 59.0 Å². The molecule has 0 aliphatic heterocycles. The van der Waals surface area contributed by atoms with Gasteiger partial charge in [0.1, 0.15) is 11.5 Å². The molecule has 0 saturated heterocycles. The first-order chi connectivity index (χ1) is 9.19. The smallest absolute Gasteiger partial charge is 0.127 e. The lowest BCUT2D eigenvalue weighted by molar-refractivity contribution is 0.482. The lowest BCUT2D eigenvalue weighted by Crippen LogP contribution is -2.04. The molecule has 0 amide bonds. The van der Waals surface area contributed by atoms with Crippen LogP contribution < -0.4 is 10.5 Å². The van der Waals surface area contributed by atoms with Crippen molar-refractivity contribution in [2.24, 2.45) is 5.73 Å². The van der Waals surface area contributed by atoms with Crippen LogP contribution in [0.25, 0.3) is 0 Å². The summed E-state index contributed by atoms with van der Waals surface area (Å²) in [7, 11) is 0. The van der Waals surface area contributed by atoms with E-state index < -0.39 is 0 Å². The molecule has 0 spiro atoms. The number of benzene rings is 2. The highest BCUT2D eigenvalue weighted by Crippen LogP contribution is 2.23. The Morgan fingerprint density at radius 1 is 1.05 bits per heavy atom. The van der Waals surface area contributed by atoms with E-state index in [0.29, 0.717) is 6.42 Å². The van der Waals surface area contributed by atoms with Gasteiger partial charge in [-0.1, -0.05) is 24.3 Å². The van der Waals surface area contributed by atoms with Gasteiger partial charge in [0.05, 0.1) is 12.5 Å². The van der Waals surface area contributed by atoms with Crippen molar-refractivity contribution in [3.63, 3.8) is 0 Å². The first-order valence-electron chi connectivity index (χ1n) is 6.18. The number of ether oxygens (including phenoxy) is 1. The van der Waals surface area contributed by atoms with Crippen molar-refractivity contribution in [3.05, 3.63) is 59.7 Å². The molecule has 1 atom stereocenters. The lowest BCUT2D eigenvalue weighted by atomic mass is 10.1. The maximum Gasteiger partial charge on any atom is 0.127 e. The molecule has 0 heterocycles. The van der Waals surface area contributed by atoms with Crippen molar-refractivity contribution in [2.45, 2.75) is 19.4 Å².